The summed E-state index contributed by atoms with van der Waals surface area (Å²) < 4.78 is 6.05. The number of pyridine rings is 1. The number of carbonyl (C=O) groups excluding carboxylic acids is 1. The Balaban J connectivity index is 1.29. The molecule has 1 aromatic carbocycles. The number of H-pyrrole nitrogens is 1. The van der Waals surface area contributed by atoms with E-state index in [-0.39, 0.29) is 11.9 Å². The summed E-state index contributed by atoms with van der Waals surface area (Å²) in [6.45, 7) is 1.34. The molecule has 0 unspecified atom stereocenters. The van der Waals surface area contributed by atoms with Gasteiger partial charge in [-0.3, -0.25) is 14.9 Å². The molecular weight excluding hydrogens is 434 g/mol. The highest BCUT2D eigenvalue weighted by Crippen LogP contribution is 2.40. The van der Waals surface area contributed by atoms with Crippen molar-refractivity contribution in [1.82, 2.24) is 25.1 Å². The summed E-state index contributed by atoms with van der Waals surface area (Å²) in [5.41, 5.74) is 4.88. The minimum Gasteiger partial charge on any atom is -0.492 e. The Kier molecular flexibility index (Phi) is 5.14. The molecular formula is C25H23N5O2S. The van der Waals surface area contributed by atoms with E-state index >= 15 is 0 Å². The van der Waals surface area contributed by atoms with Crippen LogP contribution in [0.3, 0.4) is 0 Å². The van der Waals surface area contributed by atoms with E-state index in [9.17, 15) is 4.79 Å². The standard InChI is InChI=1S/C25H23N5O2S/c31-25(30-10-3-5-19(30)13-18-4-1-2-9-26-18)24-29-23-20-7-6-16(17-14-27-28-15-17)12-21(20)32-11-8-22(23)33-24/h1-2,4,6-7,9,12,14-15,19H,3,5,8,10-11,13H2,(H,27,28)/t19-/m1/s1. The smallest absolute Gasteiger partial charge is 0.283 e. The molecule has 0 spiro atoms. The molecule has 3 aromatic heterocycles. The van der Waals surface area contributed by atoms with E-state index in [4.69, 9.17) is 9.72 Å². The number of hydrogen-bond acceptors (Lipinski definition) is 6. The molecule has 2 aliphatic heterocycles. The van der Waals surface area contributed by atoms with Crippen molar-refractivity contribution in [2.24, 2.45) is 0 Å². The van der Waals surface area contributed by atoms with E-state index in [0.29, 0.717) is 11.6 Å². The van der Waals surface area contributed by atoms with Gasteiger partial charge in [0.25, 0.3) is 5.91 Å². The Bertz CT molecular complexity index is 1290. The number of carbonyl (C=O) groups is 1. The van der Waals surface area contributed by atoms with Crippen LogP contribution in [0.1, 0.15) is 33.2 Å². The molecule has 2 aliphatic rings. The molecule has 6 rings (SSSR count). The van der Waals surface area contributed by atoms with Gasteiger partial charge >= 0.3 is 0 Å². The molecule has 4 aromatic rings. The molecule has 0 bridgehead atoms. The van der Waals surface area contributed by atoms with Gasteiger partial charge in [0.1, 0.15) is 5.75 Å². The van der Waals surface area contributed by atoms with E-state index in [1.807, 2.05) is 53.7 Å². The second kappa shape index (κ2) is 8.44. The van der Waals surface area contributed by atoms with Gasteiger partial charge in [-0.2, -0.15) is 5.10 Å². The van der Waals surface area contributed by atoms with Gasteiger partial charge < -0.3 is 9.64 Å². The number of fused-ring (bicyclic) bond motifs is 3. The molecule has 33 heavy (non-hydrogen) atoms. The van der Waals surface area contributed by atoms with Crippen LogP contribution in [0.25, 0.3) is 22.4 Å². The maximum atomic E-state index is 13.5. The van der Waals surface area contributed by atoms with Crippen LogP contribution >= 0.6 is 11.3 Å². The third kappa shape index (κ3) is 3.80. The maximum absolute atomic E-state index is 13.5. The van der Waals surface area contributed by atoms with E-state index < -0.39 is 0 Å². The second-order valence-corrected chi connectivity index (χ2v) is 9.49. The molecule has 0 saturated carbocycles. The molecule has 1 amide bonds. The van der Waals surface area contributed by atoms with Crippen molar-refractivity contribution >= 4 is 17.2 Å². The third-order valence-electron chi connectivity index (χ3n) is 6.34. The summed E-state index contributed by atoms with van der Waals surface area (Å²) in [4.78, 5) is 25.9. The van der Waals surface area contributed by atoms with Gasteiger partial charge in [-0.05, 0) is 42.7 Å². The van der Waals surface area contributed by atoms with Gasteiger partial charge in [0.05, 0.1) is 18.5 Å². The zero-order chi connectivity index (χ0) is 22.2. The number of benzene rings is 1. The minimum atomic E-state index is 0.0315. The first-order valence-electron chi connectivity index (χ1n) is 11.2. The van der Waals surface area contributed by atoms with Crippen molar-refractivity contribution in [3.63, 3.8) is 0 Å². The lowest BCUT2D eigenvalue weighted by Gasteiger charge is -2.23. The fraction of sp³-hybridized carbons (Fsp3) is 0.280. The molecule has 1 fully saturated rings. The van der Waals surface area contributed by atoms with E-state index in [1.54, 1.807) is 6.20 Å². The van der Waals surface area contributed by atoms with Crippen LogP contribution in [0.5, 0.6) is 5.75 Å². The largest absolute Gasteiger partial charge is 0.492 e. The van der Waals surface area contributed by atoms with Crippen molar-refractivity contribution in [2.75, 3.05) is 13.2 Å². The second-order valence-electron chi connectivity index (χ2n) is 8.41. The molecule has 5 heterocycles. The van der Waals surface area contributed by atoms with Gasteiger partial charge in [-0.25, -0.2) is 4.98 Å². The molecule has 1 N–H and O–H groups in total. The Morgan fingerprint density at radius 1 is 1.24 bits per heavy atom. The zero-order valence-corrected chi connectivity index (χ0v) is 18.8. The molecule has 1 atom stereocenters. The van der Waals surface area contributed by atoms with E-state index in [1.165, 1.54) is 11.3 Å². The average molecular weight is 458 g/mol. The number of ether oxygens (including phenoxy) is 1. The highest BCUT2D eigenvalue weighted by atomic mass is 32.1. The van der Waals surface area contributed by atoms with Gasteiger partial charge in [0, 0.05) is 59.5 Å². The number of aromatic nitrogens is 4. The number of thiazole rings is 1. The monoisotopic (exact) mass is 457 g/mol. The lowest BCUT2D eigenvalue weighted by Crippen LogP contribution is -2.36. The van der Waals surface area contributed by atoms with Gasteiger partial charge in [-0.15, -0.1) is 11.3 Å². The zero-order valence-electron chi connectivity index (χ0n) is 18.0. The van der Waals surface area contributed by atoms with Crippen LogP contribution in [0.2, 0.25) is 0 Å². The summed E-state index contributed by atoms with van der Waals surface area (Å²) in [7, 11) is 0. The van der Waals surface area contributed by atoms with Crippen molar-refractivity contribution in [3.8, 4) is 28.1 Å². The van der Waals surface area contributed by atoms with Crippen LogP contribution in [-0.2, 0) is 12.8 Å². The number of aromatic amines is 1. The van der Waals surface area contributed by atoms with Crippen molar-refractivity contribution in [2.45, 2.75) is 31.7 Å². The number of hydrogen-bond donors (Lipinski definition) is 1. The van der Waals surface area contributed by atoms with Gasteiger partial charge in [-0.1, -0.05) is 12.1 Å². The van der Waals surface area contributed by atoms with Crippen LogP contribution in [0.4, 0.5) is 0 Å². The van der Waals surface area contributed by atoms with E-state index in [0.717, 1.165) is 70.9 Å². The normalized spacial score (nSPS) is 17.2. The molecule has 166 valence electrons. The minimum absolute atomic E-state index is 0.0315. The maximum Gasteiger partial charge on any atom is 0.283 e. The summed E-state index contributed by atoms with van der Waals surface area (Å²) in [6, 6.07) is 12.2. The summed E-state index contributed by atoms with van der Waals surface area (Å²) in [6.07, 6.45) is 9.01. The summed E-state index contributed by atoms with van der Waals surface area (Å²) in [5, 5.41) is 7.45. The Labute approximate surface area is 195 Å². The predicted molar refractivity (Wildman–Crippen MR) is 126 cm³/mol. The van der Waals surface area contributed by atoms with Crippen LogP contribution in [0, 0.1) is 0 Å². The SMILES string of the molecule is O=C(c1nc2c(s1)CCOc1cc(-c3cn[nH]c3)ccc1-2)N1CCC[C@@H]1Cc1ccccn1. The van der Waals surface area contributed by atoms with Gasteiger partial charge in [0.15, 0.2) is 5.01 Å². The Morgan fingerprint density at radius 2 is 2.21 bits per heavy atom. The topological polar surface area (TPSA) is 84.0 Å². The first-order valence-corrected chi connectivity index (χ1v) is 12.0. The lowest BCUT2D eigenvalue weighted by atomic mass is 10.0. The number of nitrogens with one attached hydrogen (secondary N) is 1. The third-order valence-corrected chi connectivity index (χ3v) is 7.45. The molecule has 0 aliphatic carbocycles. The fourth-order valence-corrected chi connectivity index (χ4v) is 5.71. The lowest BCUT2D eigenvalue weighted by molar-refractivity contribution is 0.0735. The Morgan fingerprint density at radius 3 is 3.06 bits per heavy atom. The number of likely N-dealkylation sites (tertiary alicyclic amines) is 1. The molecule has 1 saturated heterocycles. The quantitative estimate of drug-likeness (QED) is 0.492. The van der Waals surface area contributed by atoms with Crippen molar-refractivity contribution < 1.29 is 9.53 Å². The van der Waals surface area contributed by atoms with Crippen molar-refractivity contribution in [1.29, 1.82) is 0 Å². The fourth-order valence-electron chi connectivity index (χ4n) is 4.70. The average Bonchev–Trinajstić information content (AvgIpc) is 3.59. The van der Waals surface area contributed by atoms with E-state index in [2.05, 4.69) is 15.2 Å². The summed E-state index contributed by atoms with van der Waals surface area (Å²) in [5.74, 6) is 0.829. The first-order chi connectivity index (χ1) is 16.3. The highest BCUT2D eigenvalue weighted by Gasteiger charge is 2.33. The summed E-state index contributed by atoms with van der Waals surface area (Å²) >= 11 is 1.50. The van der Waals surface area contributed by atoms with Crippen LogP contribution in [-0.4, -0.2) is 50.2 Å². The molecule has 7 nitrogen and oxygen atoms in total. The molecule has 8 heteroatoms. The number of amides is 1. The Hall–Kier alpha value is -3.52. The number of rotatable bonds is 4. The van der Waals surface area contributed by atoms with Gasteiger partial charge in [0.2, 0.25) is 0 Å². The highest BCUT2D eigenvalue weighted by molar-refractivity contribution is 7.14. The van der Waals surface area contributed by atoms with Crippen LogP contribution < -0.4 is 4.74 Å². The predicted octanol–water partition coefficient (Wildman–Crippen LogP) is 4.38. The van der Waals surface area contributed by atoms with Crippen molar-refractivity contribution in [3.05, 3.63) is 70.6 Å². The molecule has 0 radical (unpaired) electrons. The van der Waals surface area contributed by atoms with Crippen LogP contribution in [0.15, 0.2) is 55.0 Å². The first kappa shape index (κ1) is 20.1. The number of nitrogens with zero attached hydrogens (tertiary/aromatic N) is 4.